The maximum absolute atomic E-state index is 14.5. The highest BCUT2D eigenvalue weighted by atomic mass is 35.5. The highest BCUT2D eigenvalue weighted by Crippen LogP contribution is 2.48. The van der Waals surface area contributed by atoms with Crippen molar-refractivity contribution in [2.75, 3.05) is 19.5 Å². The van der Waals surface area contributed by atoms with Crippen molar-refractivity contribution in [3.63, 3.8) is 0 Å². The predicted octanol–water partition coefficient (Wildman–Crippen LogP) is 7.82. The molecule has 45 heavy (non-hydrogen) atoms. The van der Waals surface area contributed by atoms with Crippen LogP contribution in [0.2, 0.25) is 0 Å². The third-order valence-electron chi connectivity index (χ3n) is 9.51. The minimum atomic E-state index is -0.538. The molecule has 1 N–H and O–H groups in total. The van der Waals surface area contributed by atoms with Gasteiger partial charge in [-0.3, -0.25) is 19.4 Å². The average Bonchev–Trinajstić information content (AvgIpc) is 3.29. The van der Waals surface area contributed by atoms with Crippen molar-refractivity contribution in [3.8, 4) is 0 Å². The van der Waals surface area contributed by atoms with Crippen molar-refractivity contribution in [3.05, 3.63) is 58.7 Å². The summed E-state index contributed by atoms with van der Waals surface area (Å²) in [7, 11) is 1.33. The first-order chi connectivity index (χ1) is 21.4. The third-order valence-corrected chi connectivity index (χ3v) is 9.66. The number of carbonyl (C=O) groups excluding carboxylic acids is 3. The Kier molecular flexibility index (Phi) is 13.5. The SMILES string of the molecule is CCCC[C@H](Cc1ccc(C(=O)NCCC(=O)OC)cc1)N1C(=O)C(/C(C)=C/C(=C\CCl)CC)=NC12CCC(C(C)(C)C)CC2. The number of nitrogens with one attached hydrogen (secondary N) is 1. The summed E-state index contributed by atoms with van der Waals surface area (Å²) in [5, 5.41) is 2.77. The van der Waals surface area contributed by atoms with Crippen molar-refractivity contribution in [1.29, 1.82) is 0 Å². The molecule has 0 saturated heterocycles. The topological polar surface area (TPSA) is 88.1 Å². The number of methoxy groups -OCH3 is 1. The molecule has 1 spiro atoms. The first kappa shape index (κ1) is 36.5. The summed E-state index contributed by atoms with van der Waals surface area (Å²) in [6.07, 6.45) is 12.5. The van der Waals surface area contributed by atoms with Gasteiger partial charge in [-0.2, -0.15) is 0 Å². The molecule has 248 valence electrons. The molecule has 1 aromatic rings. The molecule has 1 fully saturated rings. The number of unbranched alkanes of at least 4 members (excludes halogenated alkanes) is 1. The number of benzene rings is 1. The van der Waals surface area contributed by atoms with Crippen LogP contribution in [0.4, 0.5) is 0 Å². The number of ether oxygens (including phenoxy) is 1. The molecule has 1 saturated carbocycles. The second-order valence-corrected chi connectivity index (χ2v) is 14.0. The molecule has 0 bridgehead atoms. The Morgan fingerprint density at radius 3 is 2.40 bits per heavy atom. The predicted molar refractivity (Wildman–Crippen MR) is 184 cm³/mol. The molecular weight excluding hydrogens is 586 g/mol. The zero-order valence-corrected chi connectivity index (χ0v) is 29.3. The van der Waals surface area contributed by atoms with Gasteiger partial charge in [0.1, 0.15) is 11.4 Å². The largest absolute Gasteiger partial charge is 0.469 e. The van der Waals surface area contributed by atoms with Gasteiger partial charge in [-0.05, 0) is 86.5 Å². The van der Waals surface area contributed by atoms with Crippen molar-refractivity contribution >= 4 is 35.1 Å². The summed E-state index contributed by atoms with van der Waals surface area (Å²) in [5.41, 5.74) is 3.88. The van der Waals surface area contributed by atoms with Crippen molar-refractivity contribution in [2.45, 2.75) is 117 Å². The zero-order valence-electron chi connectivity index (χ0n) is 28.5. The lowest BCUT2D eigenvalue weighted by Gasteiger charge is -2.47. The summed E-state index contributed by atoms with van der Waals surface area (Å²) in [5.74, 6) is 0.467. The normalized spacial score (nSPS) is 21.6. The van der Waals surface area contributed by atoms with Gasteiger partial charge in [-0.25, -0.2) is 0 Å². The van der Waals surface area contributed by atoms with Gasteiger partial charge in [0, 0.05) is 24.0 Å². The fraction of sp³-hybridized carbons (Fsp3) is 0.622. The van der Waals surface area contributed by atoms with E-state index in [2.05, 4.69) is 55.6 Å². The van der Waals surface area contributed by atoms with Gasteiger partial charge >= 0.3 is 5.97 Å². The third kappa shape index (κ3) is 9.54. The molecule has 1 heterocycles. The Labute approximate surface area is 275 Å². The standard InChI is InChI=1S/C37H54ClN3O4/c1-8-10-11-31(25-28-12-14-29(15-13-28)34(43)39-23-19-32(42)45-7)41-35(44)33(26(3)24-27(9-2)18-22-38)40-37(41)20-16-30(17-21-37)36(4,5)6/h12-15,18,24,30-31H,8-11,16-17,19-23,25H2,1-7H3,(H,39,43)/b26-24+,27-18-/t30?,31-,37?/m1/s1. The maximum atomic E-state index is 14.5. The fourth-order valence-corrected chi connectivity index (χ4v) is 6.93. The van der Waals surface area contributed by atoms with Crippen LogP contribution in [0.1, 0.15) is 115 Å². The number of carbonyl (C=O) groups is 3. The Bertz CT molecular complexity index is 1270. The Morgan fingerprint density at radius 1 is 1.18 bits per heavy atom. The fourth-order valence-electron chi connectivity index (χ4n) is 6.73. The number of amides is 2. The van der Waals surface area contributed by atoms with E-state index in [1.165, 1.54) is 7.11 Å². The van der Waals surface area contributed by atoms with Crippen LogP contribution >= 0.6 is 11.6 Å². The number of esters is 1. The van der Waals surface area contributed by atoms with E-state index in [1.54, 1.807) is 0 Å². The molecule has 8 heteroatoms. The number of alkyl halides is 1. The minimum Gasteiger partial charge on any atom is -0.469 e. The summed E-state index contributed by atoms with van der Waals surface area (Å²) in [6.45, 7) is 13.5. The molecule has 0 aromatic heterocycles. The Hall–Kier alpha value is -2.93. The monoisotopic (exact) mass is 639 g/mol. The van der Waals surface area contributed by atoms with Gasteiger partial charge < -0.3 is 15.0 Å². The van der Waals surface area contributed by atoms with E-state index in [0.29, 0.717) is 29.5 Å². The van der Waals surface area contributed by atoms with Gasteiger partial charge in [0.05, 0.1) is 13.5 Å². The lowest BCUT2D eigenvalue weighted by molar-refractivity contribution is -0.140. The van der Waals surface area contributed by atoms with Crippen LogP contribution < -0.4 is 5.32 Å². The van der Waals surface area contributed by atoms with Gasteiger partial charge in [0.2, 0.25) is 0 Å². The summed E-state index contributed by atoms with van der Waals surface area (Å²) < 4.78 is 4.64. The number of halogens is 1. The van der Waals surface area contributed by atoms with Crippen LogP contribution in [0.15, 0.2) is 52.6 Å². The van der Waals surface area contributed by atoms with E-state index in [4.69, 9.17) is 16.6 Å². The van der Waals surface area contributed by atoms with E-state index in [0.717, 1.165) is 68.1 Å². The first-order valence-electron chi connectivity index (χ1n) is 16.7. The van der Waals surface area contributed by atoms with Crippen LogP contribution in [0.5, 0.6) is 0 Å². The van der Waals surface area contributed by atoms with Gasteiger partial charge in [0.15, 0.2) is 0 Å². The van der Waals surface area contributed by atoms with Crippen LogP contribution in [0, 0.1) is 11.3 Å². The second kappa shape index (κ2) is 16.6. The smallest absolute Gasteiger partial charge is 0.307 e. The Morgan fingerprint density at radius 2 is 1.84 bits per heavy atom. The summed E-state index contributed by atoms with van der Waals surface area (Å²) in [4.78, 5) is 46.0. The second-order valence-electron chi connectivity index (χ2n) is 13.7. The Balaban J connectivity index is 1.92. The maximum Gasteiger partial charge on any atom is 0.307 e. The molecule has 2 amide bonds. The number of allylic oxidation sites excluding steroid dienone is 3. The molecule has 7 nitrogen and oxygen atoms in total. The van der Waals surface area contributed by atoms with Crippen LogP contribution in [0.25, 0.3) is 0 Å². The minimum absolute atomic E-state index is 0.0125. The first-order valence-corrected chi connectivity index (χ1v) is 17.2. The number of hydrogen-bond donors (Lipinski definition) is 1. The van der Waals surface area contributed by atoms with Crippen molar-refractivity contribution in [1.82, 2.24) is 10.2 Å². The molecule has 1 atom stereocenters. The van der Waals surface area contributed by atoms with E-state index < -0.39 is 5.66 Å². The van der Waals surface area contributed by atoms with E-state index in [9.17, 15) is 14.4 Å². The van der Waals surface area contributed by atoms with Crippen molar-refractivity contribution < 1.29 is 19.1 Å². The van der Waals surface area contributed by atoms with E-state index in [-0.39, 0.29) is 42.2 Å². The number of hydrogen-bond acceptors (Lipinski definition) is 5. The average molecular weight is 640 g/mol. The van der Waals surface area contributed by atoms with E-state index in [1.807, 2.05) is 37.3 Å². The lowest BCUT2D eigenvalue weighted by Crippen LogP contribution is -2.55. The highest BCUT2D eigenvalue weighted by Gasteiger charge is 2.52. The summed E-state index contributed by atoms with van der Waals surface area (Å²) >= 11 is 6.02. The molecule has 0 unspecified atom stereocenters. The van der Waals surface area contributed by atoms with Crippen LogP contribution in [-0.2, 0) is 20.7 Å². The molecule has 1 aromatic carbocycles. The summed E-state index contributed by atoms with van der Waals surface area (Å²) in [6, 6.07) is 7.59. The van der Waals surface area contributed by atoms with Gasteiger partial charge in [0.25, 0.3) is 11.8 Å². The molecular formula is C37H54ClN3O4. The molecule has 2 aliphatic rings. The molecule has 0 radical (unpaired) electrons. The molecule has 1 aliphatic carbocycles. The number of rotatable bonds is 14. The van der Waals surface area contributed by atoms with Gasteiger partial charge in [-0.15, -0.1) is 11.6 Å². The van der Waals surface area contributed by atoms with E-state index >= 15 is 0 Å². The highest BCUT2D eigenvalue weighted by molar-refractivity contribution is 6.46. The van der Waals surface area contributed by atoms with Crippen molar-refractivity contribution in [2.24, 2.45) is 16.3 Å². The number of nitrogens with zero attached hydrogens (tertiary/aromatic N) is 2. The quantitative estimate of drug-likeness (QED) is 0.128. The zero-order chi connectivity index (χ0) is 33.2. The lowest BCUT2D eigenvalue weighted by atomic mass is 9.69. The van der Waals surface area contributed by atoms with Crippen LogP contribution in [0.3, 0.4) is 0 Å². The van der Waals surface area contributed by atoms with Crippen LogP contribution in [-0.4, -0.2) is 59.6 Å². The van der Waals surface area contributed by atoms with Gasteiger partial charge in [-0.1, -0.05) is 77.3 Å². The molecule has 1 aliphatic heterocycles. The number of aliphatic imine (C=N–C) groups is 1. The molecule has 3 rings (SSSR count).